The van der Waals surface area contributed by atoms with Gasteiger partial charge in [0.2, 0.25) is 0 Å². The SMILES string of the molecule is CCCNC(c1ccc2ccccc2c1)c1cn(C)cn1. The standard InChI is InChI=1S/C18H21N3/c1-3-10-19-18(17-12-21(2)13-20-17)16-9-8-14-6-4-5-7-15(14)11-16/h4-9,11-13,18-19H,3,10H2,1-2H3. The van der Waals surface area contributed by atoms with E-state index in [-0.39, 0.29) is 6.04 Å². The summed E-state index contributed by atoms with van der Waals surface area (Å²) in [6.07, 6.45) is 5.05. The highest BCUT2D eigenvalue weighted by Crippen LogP contribution is 2.24. The molecule has 0 saturated heterocycles. The Morgan fingerprint density at radius 3 is 2.67 bits per heavy atom. The van der Waals surface area contributed by atoms with Gasteiger partial charge in [0, 0.05) is 13.2 Å². The normalized spacial score (nSPS) is 12.7. The Hall–Kier alpha value is -2.13. The van der Waals surface area contributed by atoms with Crippen LogP contribution in [-0.4, -0.2) is 16.1 Å². The van der Waals surface area contributed by atoms with E-state index in [1.165, 1.54) is 16.3 Å². The molecule has 3 rings (SSSR count). The van der Waals surface area contributed by atoms with Crippen molar-refractivity contribution < 1.29 is 0 Å². The van der Waals surface area contributed by atoms with E-state index in [1.54, 1.807) is 0 Å². The van der Waals surface area contributed by atoms with Gasteiger partial charge in [-0.15, -0.1) is 0 Å². The molecule has 2 aromatic carbocycles. The molecule has 1 N–H and O–H groups in total. The Labute approximate surface area is 125 Å². The van der Waals surface area contributed by atoms with Crippen LogP contribution in [0.2, 0.25) is 0 Å². The quantitative estimate of drug-likeness (QED) is 0.772. The third kappa shape index (κ3) is 2.98. The number of aryl methyl sites for hydroxylation is 1. The molecule has 0 aliphatic heterocycles. The summed E-state index contributed by atoms with van der Waals surface area (Å²) in [4.78, 5) is 4.53. The maximum absolute atomic E-state index is 4.53. The topological polar surface area (TPSA) is 29.9 Å². The molecule has 3 heteroatoms. The molecule has 1 unspecified atom stereocenters. The van der Waals surface area contributed by atoms with Crippen LogP contribution < -0.4 is 5.32 Å². The van der Waals surface area contributed by atoms with Crippen molar-refractivity contribution in [2.24, 2.45) is 7.05 Å². The zero-order chi connectivity index (χ0) is 14.7. The molecule has 108 valence electrons. The van der Waals surface area contributed by atoms with Crippen molar-refractivity contribution in [1.29, 1.82) is 0 Å². The van der Waals surface area contributed by atoms with Gasteiger partial charge >= 0.3 is 0 Å². The number of nitrogens with zero attached hydrogens (tertiary/aromatic N) is 2. The van der Waals surface area contributed by atoms with E-state index in [1.807, 2.05) is 17.9 Å². The number of aromatic nitrogens is 2. The molecule has 0 spiro atoms. The van der Waals surface area contributed by atoms with E-state index in [4.69, 9.17) is 0 Å². The average Bonchev–Trinajstić information content (AvgIpc) is 2.94. The van der Waals surface area contributed by atoms with Crippen LogP contribution in [0.1, 0.15) is 30.6 Å². The van der Waals surface area contributed by atoms with Gasteiger partial charge in [0.1, 0.15) is 0 Å². The number of nitrogens with one attached hydrogen (secondary N) is 1. The minimum atomic E-state index is 0.149. The highest BCUT2D eigenvalue weighted by molar-refractivity contribution is 5.83. The van der Waals surface area contributed by atoms with Gasteiger partial charge in [-0.25, -0.2) is 4.98 Å². The minimum Gasteiger partial charge on any atom is -0.340 e. The molecule has 3 aromatic rings. The van der Waals surface area contributed by atoms with Gasteiger partial charge in [0.25, 0.3) is 0 Å². The zero-order valence-electron chi connectivity index (χ0n) is 12.6. The monoisotopic (exact) mass is 279 g/mol. The van der Waals surface area contributed by atoms with Gasteiger partial charge < -0.3 is 9.88 Å². The van der Waals surface area contributed by atoms with E-state index in [0.717, 1.165) is 18.7 Å². The fourth-order valence-corrected chi connectivity index (χ4v) is 2.65. The van der Waals surface area contributed by atoms with E-state index in [0.29, 0.717) is 0 Å². The van der Waals surface area contributed by atoms with Gasteiger partial charge in [0.15, 0.2) is 0 Å². The predicted molar refractivity (Wildman–Crippen MR) is 87.3 cm³/mol. The number of fused-ring (bicyclic) bond motifs is 1. The lowest BCUT2D eigenvalue weighted by molar-refractivity contribution is 0.588. The molecule has 1 heterocycles. The Bertz CT molecular complexity index is 730. The van der Waals surface area contributed by atoms with Crippen molar-refractivity contribution >= 4 is 10.8 Å². The fraction of sp³-hybridized carbons (Fsp3) is 0.278. The third-order valence-corrected chi connectivity index (χ3v) is 3.73. The Morgan fingerprint density at radius 2 is 1.95 bits per heavy atom. The molecule has 0 fully saturated rings. The van der Waals surface area contributed by atoms with Gasteiger partial charge in [0.05, 0.1) is 18.1 Å². The summed E-state index contributed by atoms with van der Waals surface area (Å²) >= 11 is 0. The summed E-state index contributed by atoms with van der Waals surface area (Å²) < 4.78 is 2.00. The number of benzene rings is 2. The maximum Gasteiger partial charge on any atom is 0.0947 e. The van der Waals surface area contributed by atoms with Crippen molar-refractivity contribution in [2.45, 2.75) is 19.4 Å². The Balaban J connectivity index is 2.00. The van der Waals surface area contributed by atoms with Crippen LogP contribution in [0, 0.1) is 0 Å². The van der Waals surface area contributed by atoms with E-state index < -0.39 is 0 Å². The smallest absolute Gasteiger partial charge is 0.0947 e. The molecule has 0 saturated carbocycles. The van der Waals surface area contributed by atoms with Crippen molar-refractivity contribution in [3.05, 3.63) is 66.2 Å². The first kappa shape index (κ1) is 13.8. The lowest BCUT2D eigenvalue weighted by Crippen LogP contribution is -2.23. The van der Waals surface area contributed by atoms with Crippen molar-refractivity contribution in [3.8, 4) is 0 Å². The molecule has 1 aromatic heterocycles. The molecule has 0 bridgehead atoms. The average molecular weight is 279 g/mol. The first-order valence-corrected chi connectivity index (χ1v) is 7.48. The van der Waals surface area contributed by atoms with Crippen molar-refractivity contribution in [3.63, 3.8) is 0 Å². The molecule has 0 aliphatic rings. The summed E-state index contributed by atoms with van der Waals surface area (Å²) in [6, 6.07) is 15.3. The number of hydrogen-bond donors (Lipinski definition) is 1. The maximum atomic E-state index is 4.53. The van der Waals surface area contributed by atoms with Gasteiger partial charge in [-0.05, 0) is 35.4 Å². The summed E-state index contributed by atoms with van der Waals surface area (Å²) in [5, 5.41) is 6.15. The van der Waals surface area contributed by atoms with Crippen LogP contribution >= 0.6 is 0 Å². The molecular weight excluding hydrogens is 258 g/mol. The van der Waals surface area contributed by atoms with Gasteiger partial charge in [-0.1, -0.05) is 43.3 Å². The van der Waals surface area contributed by atoms with Crippen LogP contribution in [0.5, 0.6) is 0 Å². The predicted octanol–water partition coefficient (Wildman–Crippen LogP) is 3.66. The van der Waals surface area contributed by atoms with E-state index in [9.17, 15) is 0 Å². The fourth-order valence-electron chi connectivity index (χ4n) is 2.65. The van der Waals surface area contributed by atoms with E-state index >= 15 is 0 Å². The second-order valence-electron chi connectivity index (χ2n) is 5.46. The third-order valence-electron chi connectivity index (χ3n) is 3.73. The second kappa shape index (κ2) is 6.10. The highest BCUT2D eigenvalue weighted by Gasteiger charge is 2.16. The van der Waals surface area contributed by atoms with E-state index in [2.05, 4.69) is 65.9 Å². The van der Waals surface area contributed by atoms with Crippen LogP contribution in [-0.2, 0) is 7.05 Å². The Morgan fingerprint density at radius 1 is 1.14 bits per heavy atom. The van der Waals surface area contributed by atoms with Crippen LogP contribution in [0.25, 0.3) is 10.8 Å². The Kier molecular flexibility index (Phi) is 4.02. The number of rotatable bonds is 5. The number of imidazole rings is 1. The summed E-state index contributed by atoms with van der Waals surface area (Å²) in [7, 11) is 2.01. The minimum absolute atomic E-state index is 0.149. The van der Waals surface area contributed by atoms with Crippen LogP contribution in [0.4, 0.5) is 0 Å². The largest absolute Gasteiger partial charge is 0.340 e. The lowest BCUT2D eigenvalue weighted by Gasteiger charge is -2.17. The summed E-state index contributed by atoms with van der Waals surface area (Å²) in [6.45, 7) is 3.16. The molecule has 0 radical (unpaired) electrons. The molecular formula is C18H21N3. The molecule has 0 amide bonds. The number of hydrogen-bond acceptors (Lipinski definition) is 2. The summed E-state index contributed by atoms with van der Waals surface area (Å²) in [5.41, 5.74) is 2.34. The second-order valence-corrected chi connectivity index (χ2v) is 5.46. The summed E-state index contributed by atoms with van der Waals surface area (Å²) in [5.74, 6) is 0. The first-order valence-electron chi connectivity index (χ1n) is 7.48. The van der Waals surface area contributed by atoms with Crippen LogP contribution in [0.3, 0.4) is 0 Å². The van der Waals surface area contributed by atoms with Crippen molar-refractivity contribution in [1.82, 2.24) is 14.9 Å². The van der Waals surface area contributed by atoms with Gasteiger partial charge in [-0.3, -0.25) is 0 Å². The lowest BCUT2D eigenvalue weighted by atomic mass is 10.00. The highest BCUT2D eigenvalue weighted by atomic mass is 15.0. The molecule has 21 heavy (non-hydrogen) atoms. The first-order chi connectivity index (χ1) is 10.3. The molecule has 3 nitrogen and oxygen atoms in total. The van der Waals surface area contributed by atoms with Gasteiger partial charge in [-0.2, -0.15) is 0 Å². The van der Waals surface area contributed by atoms with Crippen molar-refractivity contribution in [2.75, 3.05) is 6.54 Å². The van der Waals surface area contributed by atoms with Crippen LogP contribution in [0.15, 0.2) is 55.0 Å². The molecule has 1 atom stereocenters. The zero-order valence-corrected chi connectivity index (χ0v) is 12.6. The molecule has 0 aliphatic carbocycles.